The van der Waals surface area contributed by atoms with E-state index < -0.39 is 5.24 Å². The number of hydrogen-bond donors (Lipinski definition) is 1. The van der Waals surface area contributed by atoms with E-state index in [9.17, 15) is 9.28 Å². The zero-order valence-electron chi connectivity index (χ0n) is 7.84. The summed E-state index contributed by atoms with van der Waals surface area (Å²) in [6.07, 6.45) is 0. The topological polar surface area (TPSA) is 32.3 Å². The average Bonchev–Trinajstić information content (AvgIpc) is 2.16. The van der Waals surface area contributed by atoms with Crippen LogP contribution in [-0.4, -0.2) is 19.3 Å². The van der Waals surface area contributed by atoms with Crippen LogP contribution < -0.4 is 10.4 Å². The van der Waals surface area contributed by atoms with Gasteiger partial charge in [-0.1, -0.05) is 0 Å². The Morgan fingerprint density at radius 1 is 1.57 bits per heavy atom. The van der Waals surface area contributed by atoms with Crippen LogP contribution in [0.5, 0.6) is 0 Å². The van der Waals surface area contributed by atoms with E-state index in [4.69, 9.17) is 11.6 Å². The van der Waals surface area contributed by atoms with E-state index in [2.05, 4.69) is 5.32 Å². The number of carbonyl (C=O) groups is 1. The predicted molar refractivity (Wildman–Crippen MR) is 55.7 cm³/mol. The van der Waals surface area contributed by atoms with Crippen LogP contribution in [0.15, 0.2) is 18.2 Å². The Hall–Kier alpha value is -1.29. The molecular formula is C9H10ClFN2O. The van der Waals surface area contributed by atoms with Crippen LogP contribution in [0.1, 0.15) is 10.4 Å². The van der Waals surface area contributed by atoms with Crippen LogP contribution in [0.4, 0.5) is 15.9 Å². The molecular weight excluding hydrogens is 207 g/mol. The van der Waals surface area contributed by atoms with Crippen molar-refractivity contribution >= 4 is 28.2 Å². The molecule has 14 heavy (non-hydrogen) atoms. The highest BCUT2D eigenvalue weighted by atomic mass is 35.5. The van der Waals surface area contributed by atoms with Gasteiger partial charge in [0.15, 0.2) is 0 Å². The first-order chi connectivity index (χ1) is 6.56. The smallest absolute Gasteiger partial charge is 0.252 e. The maximum absolute atomic E-state index is 12.9. The molecule has 76 valence electrons. The van der Waals surface area contributed by atoms with Gasteiger partial charge in [0.05, 0.1) is 11.4 Å². The van der Waals surface area contributed by atoms with Crippen LogP contribution in [-0.2, 0) is 0 Å². The average molecular weight is 217 g/mol. The van der Waals surface area contributed by atoms with Crippen molar-refractivity contribution in [3.8, 4) is 0 Å². The number of carbonyl (C=O) groups excluding carboxylic acids is 1. The minimum Gasteiger partial charge on any atom is -0.386 e. The number of rotatable bonds is 3. The van der Waals surface area contributed by atoms with Crippen molar-refractivity contribution < 1.29 is 9.28 Å². The summed E-state index contributed by atoms with van der Waals surface area (Å²) in [4.78, 5) is 10.8. The lowest BCUT2D eigenvalue weighted by molar-refractivity contribution is 0.108. The van der Waals surface area contributed by atoms with Crippen LogP contribution in [0.3, 0.4) is 0 Å². The molecule has 0 amide bonds. The summed E-state index contributed by atoms with van der Waals surface area (Å²) in [6, 6.07) is 4.46. The molecule has 0 unspecified atom stereocenters. The van der Waals surface area contributed by atoms with Crippen molar-refractivity contribution in [1.82, 2.24) is 0 Å². The highest BCUT2D eigenvalue weighted by Crippen LogP contribution is 2.26. The van der Waals surface area contributed by atoms with E-state index in [0.717, 1.165) is 0 Å². The lowest BCUT2D eigenvalue weighted by Crippen LogP contribution is -2.06. The number of nitrogens with zero attached hydrogens (tertiary/aromatic N) is 1. The van der Waals surface area contributed by atoms with Gasteiger partial charge in [-0.15, -0.1) is 4.48 Å². The molecule has 1 rings (SSSR count). The predicted octanol–water partition coefficient (Wildman–Crippen LogP) is 2.43. The molecule has 0 fully saturated rings. The van der Waals surface area contributed by atoms with Crippen LogP contribution in [0.2, 0.25) is 0 Å². The summed E-state index contributed by atoms with van der Waals surface area (Å²) in [5.74, 6) is 0. The first-order valence-corrected chi connectivity index (χ1v) is 4.35. The molecule has 0 atom stereocenters. The molecule has 0 spiro atoms. The monoisotopic (exact) mass is 216 g/mol. The molecule has 1 aromatic rings. The van der Waals surface area contributed by atoms with Gasteiger partial charge in [-0.25, -0.2) is 5.12 Å². The fourth-order valence-corrected chi connectivity index (χ4v) is 1.24. The molecule has 0 saturated carbocycles. The number of hydrogen-bond acceptors (Lipinski definition) is 3. The minimum absolute atomic E-state index is 0.335. The maximum atomic E-state index is 12.9. The highest BCUT2D eigenvalue weighted by molar-refractivity contribution is 6.67. The number of benzene rings is 1. The molecule has 1 aromatic carbocycles. The Balaban J connectivity index is 3.18. The van der Waals surface area contributed by atoms with Crippen molar-refractivity contribution in [1.29, 1.82) is 0 Å². The zero-order valence-corrected chi connectivity index (χ0v) is 8.60. The maximum Gasteiger partial charge on any atom is 0.252 e. The summed E-state index contributed by atoms with van der Waals surface area (Å²) in [7, 11) is 2.92. The van der Waals surface area contributed by atoms with Gasteiger partial charge in [-0.2, -0.15) is 0 Å². The molecule has 0 radical (unpaired) electrons. The fraction of sp³-hybridized carbons (Fsp3) is 0.222. The first-order valence-electron chi connectivity index (χ1n) is 3.97. The normalized spacial score (nSPS) is 9.71. The summed E-state index contributed by atoms with van der Waals surface area (Å²) < 4.78 is 12.9. The second kappa shape index (κ2) is 4.28. The summed E-state index contributed by atoms with van der Waals surface area (Å²) in [6.45, 7) is 0. The van der Waals surface area contributed by atoms with Crippen LogP contribution >= 0.6 is 11.6 Å². The summed E-state index contributed by atoms with van der Waals surface area (Å²) in [5.41, 5.74) is 1.21. The molecule has 0 aliphatic rings. The van der Waals surface area contributed by atoms with E-state index >= 15 is 0 Å². The molecule has 0 aliphatic carbocycles. The Morgan fingerprint density at radius 3 is 2.64 bits per heavy atom. The molecule has 0 aromatic heterocycles. The second-order valence-electron chi connectivity index (χ2n) is 2.73. The molecule has 0 bridgehead atoms. The Labute approximate surface area is 86.4 Å². The molecule has 3 nitrogen and oxygen atoms in total. The van der Waals surface area contributed by atoms with E-state index in [-0.39, 0.29) is 0 Å². The second-order valence-corrected chi connectivity index (χ2v) is 3.08. The van der Waals surface area contributed by atoms with Crippen molar-refractivity contribution in [2.45, 2.75) is 0 Å². The van der Waals surface area contributed by atoms with Crippen molar-refractivity contribution in [3.05, 3.63) is 23.8 Å². The number of anilines is 2. The van der Waals surface area contributed by atoms with Gasteiger partial charge in [-0.05, 0) is 29.8 Å². The van der Waals surface area contributed by atoms with Gasteiger partial charge in [0.2, 0.25) is 0 Å². The molecule has 0 heterocycles. The Morgan fingerprint density at radius 2 is 2.21 bits per heavy atom. The van der Waals surface area contributed by atoms with Gasteiger partial charge >= 0.3 is 0 Å². The largest absolute Gasteiger partial charge is 0.386 e. The van der Waals surface area contributed by atoms with Gasteiger partial charge < -0.3 is 5.32 Å². The minimum atomic E-state index is -0.561. The Kier molecular flexibility index (Phi) is 3.30. The van der Waals surface area contributed by atoms with Gasteiger partial charge in [0.1, 0.15) is 0 Å². The number of halogens is 2. The molecule has 5 heteroatoms. The Bertz CT molecular complexity index is 355. The van der Waals surface area contributed by atoms with Gasteiger partial charge in [0, 0.05) is 19.7 Å². The zero-order chi connectivity index (χ0) is 10.7. The van der Waals surface area contributed by atoms with Crippen LogP contribution in [0.25, 0.3) is 0 Å². The van der Waals surface area contributed by atoms with Crippen LogP contribution in [0, 0.1) is 0 Å². The molecule has 0 saturated heterocycles. The third-order valence-corrected chi connectivity index (χ3v) is 2.04. The third-order valence-electron chi connectivity index (χ3n) is 1.82. The lowest BCUT2D eigenvalue weighted by Gasteiger charge is -2.13. The quantitative estimate of drug-likeness (QED) is 0.622. The van der Waals surface area contributed by atoms with E-state index in [1.807, 2.05) is 0 Å². The SMILES string of the molecule is CNc1cc(C(=O)Cl)ccc1N(C)F. The summed E-state index contributed by atoms with van der Waals surface area (Å²) >= 11 is 5.29. The molecule has 1 N–H and O–H groups in total. The first kappa shape index (κ1) is 10.8. The third kappa shape index (κ3) is 2.14. The van der Waals surface area contributed by atoms with Crippen molar-refractivity contribution in [2.75, 3.05) is 24.5 Å². The standard InChI is InChI=1S/C9H10ClFN2O/c1-12-7-5-6(9(10)14)3-4-8(7)13(2)11/h3-5,12H,1-2H3. The van der Waals surface area contributed by atoms with Gasteiger partial charge in [-0.3, -0.25) is 4.79 Å². The van der Waals surface area contributed by atoms with Crippen molar-refractivity contribution in [3.63, 3.8) is 0 Å². The van der Waals surface area contributed by atoms with E-state index in [0.29, 0.717) is 22.1 Å². The van der Waals surface area contributed by atoms with Gasteiger partial charge in [0.25, 0.3) is 5.24 Å². The summed E-state index contributed by atoms with van der Waals surface area (Å²) in [5, 5.41) is 2.69. The van der Waals surface area contributed by atoms with E-state index in [1.165, 1.54) is 25.2 Å². The van der Waals surface area contributed by atoms with Crippen molar-refractivity contribution in [2.24, 2.45) is 0 Å². The fourth-order valence-electron chi connectivity index (χ4n) is 1.13. The lowest BCUT2D eigenvalue weighted by atomic mass is 10.2. The molecule has 0 aliphatic heterocycles. The van der Waals surface area contributed by atoms with E-state index in [1.54, 1.807) is 7.05 Å². The highest BCUT2D eigenvalue weighted by Gasteiger charge is 2.09. The number of nitrogens with one attached hydrogen (secondary N) is 1.